The van der Waals surface area contributed by atoms with Gasteiger partial charge in [-0.2, -0.15) is 0 Å². The maximum atomic E-state index is 13.2. The van der Waals surface area contributed by atoms with Crippen LogP contribution in [0.1, 0.15) is 61.2 Å². The van der Waals surface area contributed by atoms with E-state index in [9.17, 15) is 9.59 Å². The molecule has 0 unspecified atom stereocenters. The molecule has 0 bridgehead atoms. The normalized spacial score (nSPS) is 21.6. The number of urea groups is 1. The van der Waals surface area contributed by atoms with Crippen LogP contribution in [0, 0.1) is 0 Å². The second-order valence-corrected chi connectivity index (χ2v) is 9.38. The number of anilines is 1. The fourth-order valence-corrected chi connectivity index (χ4v) is 5.55. The number of nitrogens with one attached hydrogen (secondary N) is 3. The van der Waals surface area contributed by atoms with Crippen LogP contribution in [0.25, 0.3) is 11.1 Å². The number of carbonyl (C=O) groups excluding carboxylic acids is 2. The molecule has 10 heteroatoms. The van der Waals surface area contributed by atoms with Crippen molar-refractivity contribution in [2.24, 2.45) is 0 Å². The quantitative estimate of drug-likeness (QED) is 0.638. The van der Waals surface area contributed by atoms with E-state index in [1.165, 1.54) is 0 Å². The summed E-state index contributed by atoms with van der Waals surface area (Å²) in [6, 6.07) is 1.36. The molecular formula is C22H27ClN4O5. The summed E-state index contributed by atoms with van der Waals surface area (Å²) in [5.74, 6) is -0.440. The summed E-state index contributed by atoms with van der Waals surface area (Å²) in [5, 5.41) is 9.37. The molecule has 2 aliphatic heterocycles. The summed E-state index contributed by atoms with van der Waals surface area (Å²) in [6.07, 6.45) is 5.93. The summed E-state index contributed by atoms with van der Waals surface area (Å²) < 4.78 is 16.9. The van der Waals surface area contributed by atoms with Crippen molar-refractivity contribution in [1.29, 1.82) is 0 Å². The lowest BCUT2D eigenvalue weighted by Crippen LogP contribution is -2.55. The first-order valence-electron chi connectivity index (χ1n) is 11.1. The van der Waals surface area contributed by atoms with E-state index >= 15 is 0 Å². The molecule has 3 heterocycles. The molecule has 1 saturated carbocycles. The Bertz CT molecular complexity index is 1050. The predicted octanol–water partition coefficient (Wildman–Crippen LogP) is 3.70. The monoisotopic (exact) mass is 462 g/mol. The molecule has 1 saturated heterocycles. The standard InChI is InChI=1S/C22H27ClN4O5/c1-30-12-21(7-9-31-10-8-21)26-18(28)19-24-14-11-13(23)16-15(17(14)32-19)22(27-20(29)25-16)5-3-2-4-6-22/h11H,2-10,12H2,1H3,(H,26,28)(H2,25,27,29). The molecule has 0 radical (unpaired) electrons. The number of oxazole rings is 1. The van der Waals surface area contributed by atoms with Crippen molar-refractivity contribution in [1.82, 2.24) is 15.6 Å². The van der Waals surface area contributed by atoms with E-state index in [0.29, 0.717) is 54.5 Å². The Balaban J connectivity index is 1.55. The molecule has 9 nitrogen and oxygen atoms in total. The van der Waals surface area contributed by atoms with Crippen LogP contribution >= 0.6 is 11.6 Å². The molecule has 5 rings (SSSR count). The lowest BCUT2D eigenvalue weighted by Gasteiger charge is -2.42. The third kappa shape index (κ3) is 3.62. The third-order valence-corrected chi connectivity index (χ3v) is 7.15. The van der Waals surface area contributed by atoms with Crippen molar-refractivity contribution < 1.29 is 23.5 Å². The van der Waals surface area contributed by atoms with Gasteiger partial charge in [-0.15, -0.1) is 0 Å². The summed E-state index contributed by atoms with van der Waals surface area (Å²) in [5.41, 5.74) is 1.19. The lowest BCUT2D eigenvalue weighted by atomic mass is 9.74. The van der Waals surface area contributed by atoms with E-state index in [1.54, 1.807) is 13.2 Å². The first-order valence-corrected chi connectivity index (χ1v) is 11.5. The molecule has 1 aliphatic carbocycles. The minimum absolute atomic E-state index is 0.0331. The van der Waals surface area contributed by atoms with Crippen LogP contribution in [-0.4, -0.2) is 49.4 Å². The van der Waals surface area contributed by atoms with Crippen LogP contribution in [0.4, 0.5) is 10.5 Å². The first kappa shape index (κ1) is 21.5. The molecule has 1 spiro atoms. The van der Waals surface area contributed by atoms with Crippen LogP contribution in [0.5, 0.6) is 0 Å². The van der Waals surface area contributed by atoms with Gasteiger partial charge in [0.25, 0.3) is 5.89 Å². The van der Waals surface area contributed by atoms with E-state index in [0.717, 1.165) is 37.7 Å². The lowest BCUT2D eigenvalue weighted by molar-refractivity contribution is 0.00145. The van der Waals surface area contributed by atoms with Gasteiger partial charge >= 0.3 is 11.9 Å². The highest BCUT2D eigenvalue weighted by Crippen LogP contribution is 2.48. The SMILES string of the molecule is COCC1(NC(=O)c2nc3cc(Cl)c4c(c3o2)C2(CCCCC2)NC(=O)N4)CCOCC1. The van der Waals surface area contributed by atoms with Gasteiger partial charge in [0.2, 0.25) is 0 Å². The Kier molecular flexibility index (Phi) is 5.51. The van der Waals surface area contributed by atoms with Gasteiger partial charge in [-0.25, -0.2) is 9.78 Å². The number of hydrogen-bond donors (Lipinski definition) is 3. The maximum Gasteiger partial charge on any atom is 0.319 e. The molecule has 0 atom stereocenters. The molecule has 2 fully saturated rings. The molecule has 2 aromatic rings. The number of nitrogens with zero attached hydrogens (tertiary/aromatic N) is 1. The highest BCUT2D eigenvalue weighted by molar-refractivity contribution is 6.35. The van der Waals surface area contributed by atoms with Gasteiger partial charge in [0.1, 0.15) is 5.52 Å². The molecule has 32 heavy (non-hydrogen) atoms. The Morgan fingerprint density at radius 2 is 2.00 bits per heavy atom. The second-order valence-electron chi connectivity index (χ2n) is 8.98. The molecular weight excluding hydrogens is 436 g/mol. The average molecular weight is 463 g/mol. The number of aromatic nitrogens is 1. The predicted molar refractivity (Wildman–Crippen MR) is 118 cm³/mol. The number of carbonyl (C=O) groups is 2. The van der Waals surface area contributed by atoms with Crippen molar-refractivity contribution >= 4 is 40.3 Å². The first-order chi connectivity index (χ1) is 15.5. The molecule has 3 aliphatic rings. The molecule has 172 valence electrons. The summed E-state index contributed by atoms with van der Waals surface area (Å²) in [6.45, 7) is 1.48. The smallest absolute Gasteiger partial charge is 0.319 e. The largest absolute Gasteiger partial charge is 0.432 e. The fraction of sp³-hybridized carbons (Fsp3) is 0.591. The van der Waals surface area contributed by atoms with E-state index in [4.69, 9.17) is 25.5 Å². The van der Waals surface area contributed by atoms with Crippen molar-refractivity contribution in [3.05, 3.63) is 22.5 Å². The number of rotatable bonds is 4. The second kappa shape index (κ2) is 8.20. The van der Waals surface area contributed by atoms with Crippen molar-refractivity contribution in [3.8, 4) is 0 Å². The van der Waals surface area contributed by atoms with Gasteiger partial charge in [0.15, 0.2) is 5.58 Å². The molecule has 3 N–H and O–H groups in total. The van der Waals surface area contributed by atoms with Gasteiger partial charge in [0, 0.05) is 25.9 Å². The highest BCUT2D eigenvalue weighted by Gasteiger charge is 2.44. The Morgan fingerprint density at radius 1 is 1.25 bits per heavy atom. The van der Waals surface area contributed by atoms with Crippen molar-refractivity contribution in [3.63, 3.8) is 0 Å². The minimum atomic E-state index is -0.579. The van der Waals surface area contributed by atoms with E-state index in [2.05, 4.69) is 20.9 Å². The Labute approximate surface area is 190 Å². The number of fused-ring (bicyclic) bond motifs is 4. The van der Waals surface area contributed by atoms with Crippen LogP contribution in [0.15, 0.2) is 10.5 Å². The average Bonchev–Trinajstić information content (AvgIpc) is 3.19. The highest BCUT2D eigenvalue weighted by atomic mass is 35.5. The number of amides is 3. The summed E-state index contributed by atoms with van der Waals surface area (Å²) in [7, 11) is 1.61. The van der Waals surface area contributed by atoms with E-state index < -0.39 is 17.0 Å². The summed E-state index contributed by atoms with van der Waals surface area (Å²) >= 11 is 6.54. The molecule has 3 amide bonds. The van der Waals surface area contributed by atoms with E-state index in [-0.39, 0.29) is 11.9 Å². The van der Waals surface area contributed by atoms with E-state index in [1.807, 2.05) is 0 Å². The number of benzene rings is 1. The number of halogens is 1. The molecule has 1 aromatic heterocycles. The zero-order valence-electron chi connectivity index (χ0n) is 18.0. The maximum absolute atomic E-state index is 13.2. The van der Waals surface area contributed by atoms with Gasteiger partial charge in [0.05, 0.1) is 28.4 Å². The topological polar surface area (TPSA) is 115 Å². The fourth-order valence-electron chi connectivity index (χ4n) is 5.30. The number of hydrogen-bond acceptors (Lipinski definition) is 6. The van der Waals surface area contributed by atoms with Gasteiger partial charge in [-0.1, -0.05) is 30.9 Å². The minimum Gasteiger partial charge on any atom is -0.432 e. The van der Waals surface area contributed by atoms with Crippen LogP contribution in [0.2, 0.25) is 5.02 Å². The summed E-state index contributed by atoms with van der Waals surface area (Å²) in [4.78, 5) is 30.0. The molecule has 1 aromatic carbocycles. The Morgan fingerprint density at radius 3 is 2.72 bits per heavy atom. The number of methoxy groups -OCH3 is 1. The van der Waals surface area contributed by atoms with Crippen LogP contribution in [0.3, 0.4) is 0 Å². The van der Waals surface area contributed by atoms with Gasteiger partial charge in [-0.3, -0.25) is 4.79 Å². The zero-order chi connectivity index (χ0) is 22.3. The van der Waals surface area contributed by atoms with Crippen LogP contribution in [-0.2, 0) is 15.0 Å². The van der Waals surface area contributed by atoms with Crippen LogP contribution < -0.4 is 16.0 Å². The third-order valence-electron chi connectivity index (χ3n) is 6.85. The van der Waals surface area contributed by atoms with Gasteiger partial charge < -0.3 is 29.8 Å². The van der Waals surface area contributed by atoms with Crippen molar-refractivity contribution in [2.45, 2.75) is 56.0 Å². The Hall–Kier alpha value is -2.36. The number of ether oxygens (including phenoxy) is 2. The zero-order valence-corrected chi connectivity index (χ0v) is 18.8. The van der Waals surface area contributed by atoms with Crippen molar-refractivity contribution in [2.75, 3.05) is 32.2 Å². The van der Waals surface area contributed by atoms with Gasteiger partial charge in [-0.05, 0) is 31.7 Å².